The molecule has 0 bridgehead atoms. The van der Waals surface area contributed by atoms with Crippen molar-refractivity contribution in [1.82, 2.24) is 9.80 Å². The molecule has 1 saturated carbocycles. The fourth-order valence-corrected chi connectivity index (χ4v) is 5.41. The molecule has 2 saturated heterocycles. The number of aliphatic hydroxyl groups is 1. The minimum atomic E-state index is -0.246. The van der Waals surface area contributed by atoms with Crippen molar-refractivity contribution in [2.75, 3.05) is 32.8 Å². The van der Waals surface area contributed by atoms with Gasteiger partial charge in [0.2, 0.25) is 11.8 Å². The minimum Gasteiger partial charge on any atom is -0.393 e. The van der Waals surface area contributed by atoms with Gasteiger partial charge in [0.15, 0.2) is 0 Å². The highest BCUT2D eigenvalue weighted by atomic mass is 16.5. The average molecular weight is 401 g/mol. The van der Waals surface area contributed by atoms with E-state index in [1.165, 1.54) is 0 Å². The summed E-state index contributed by atoms with van der Waals surface area (Å²) in [7, 11) is 0. The molecule has 1 aromatic carbocycles. The summed E-state index contributed by atoms with van der Waals surface area (Å²) in [6.07, 6.45) is 2.77. The van der Waals surface area contributed by atoms with Crippen molar-refractivity contribution in [3.8, 4) is 0 Å². The van der Waals surface area contributed by atoms with E-state index in [9.17, 15) is 14.7 Å². The van der Waals surface area contributed by atoms with E-state index in [-0.39, 0.29) is 42.4 Å². The van der Waals surface area contributed by atoms with Crippen LogP contribution in [0.2, 0.25) is 0 Å². The van der Waals surface area contributed by atoms with E-state index >= 15 is 0 Å². The van der Waals surface area contributed by atoms with Crippen molar-refractivity contribution < 1.29 is 19.4 Å². The van der Waals surface area contributed by atoms with E-state index in [0.29, 0.717) is 25.6 Å². The number of hydrogen-bond acceptors (Lipinski definition) is 4. The number of amides is 2. The number of aliphatic hydroxyl groups excluding tert-OH is 1. The molecule has 1 aliphatic carbocycles. The Morgan fingerprint density at radius 2 is 1.79 bits per heavy atom. The van der Waals surface area contributed by atoms with Crippen LogP contribution >= 0.6 is 0 Å². The van der Waals surface area contributed by atoms with Crippen LogP contribution in [0.3, 0.4) is 0 Å². The lowest BCUT2D eigenvalue weighted by atomic mass is 9.86. The van der Waals surface area contributed by atoms with Gasteiger partial charge in [0.05, 0.1) is 12.1 Å². The predicted octanol–water partition coefficient (Wildman–Crippen LogP) is 2.23. The molecule has 1 aromatic rings. The third-order valence-electron chi connectivity index (χ3n) is 6.91. The summed E-state index contributed by atoms with van der Waals surface area (Å²) in [6.45, 7) is 4.66. The molecule has 2 heterocycles. The fourth-order valence-electron chi connectivity index (χ4n) is 5.41. The lowest BCUT2D eigenvalue weighted by Crippen LogP contribution is -2.41. The van der Waals surface area contributed by atoms with Gasteiger partial charge in [-0.1, -0.05) is 30.3 Å². The van der Waals surface area contributed by atoms with E-state index in [2.05, 4.69) is 12.1 Å². The second-order valence-corrected chi connectivity index (χ2v) is 8.71. The molecule has 3 aliphatic rings. The molecule has 158 valence electrons. The predicted molar refractivity (Wildman–Crippen MR) is 109 cm³/mol. The molecule has 2 aliphatic heterocycles. The number of nitrogens with zero attached hydrogens (tertiary/aromatic N) is 2. The van der Waals surface area contributed by atoms with Crippen molar-refractivity contribution in [2.24, 2.45) is 17.8 Å². The molecule has 29 heavy (non-hydrogen) atoms. The number of fused-ring (bicyclic) bond motifs is 1. The molecular weight excluding hydrogens is 368 g/mol. The Labute approximate surface area is 172 Å². The zero-order chi connectivity index (χ0) is 20.4. The Bertz CT molecular complexity index is 717. The highest BCUT2D eigenvalue weighted by Crippen LogP contribution is 2.45. The monoisotopic (exact) mass is 400 g/mol. The van der Waals surface area contributed by atoms with Crippen LogP contribution in [0.25, 0.3) is 0 Å². The van der Waals surface area contributed by atoms with Gasteiger partial charge in [0.1, 0.15) is 6.61 Å². The van der Waals surface area contributed by atoms with Gasteiger partial charge in [-0.25, -0.2) is 0 Å². The zero-order valence-corrected chi connectivity index (χ0v) is 17.2. The first kappa shape index (κ1) is 20.4. The smallest absolute Gasteiger partial charge is 0.249 e. The van der Waals surface area contributed by atoms with Crippen molar-refractivity contribution in [3.63, 3.8) is 0 Å². The van der Waals surface area contributed by atoms with E-state index in [1.807, 2.05) is 34.9 Å². The second-order valence-electron chi connectivity index (χ2n) is 8.71. The summed E-state index contributed by atoms with van der Waals surface area (Å²) in [4.78, 5) is 29.9. The Morgan fingerprint density at radius 1 is 1.07 bits per heavy atom. The molecule has 6 heteroatoms. The summed E-state index contributed by atoms with van der Waals surface area (Å²) in [5, 5.41) is 9.74. The topological polar surface area (TPSA) is 70.1 Å². The number of carbonyl (C=O) groups is 2. The molecule has 0 spiro atoms. The third kappa shape index (κ3) is 4.19. The summed E-state index contributed by atoms with van der Waals surface area (Å²) in [5.74, 6) is 0.896. The van der Waals surface area contributed by atoms with E-state index in [1.54, 1.807) is 0 Å². The van der Waals surface area contributed by atoms with Crippen molar-refractivity contribution in [1.29, 1.82) is 0 Å². The van der Waals surface area contributed by atoms with Crippen molar-refractivity contribution in [2.45, 2.75) is 44.8 Å². The first-order valence-corrected chi connectivity index (χ1v) is 11.0. The van der Waals surface area contributed by atoms with Crippen LogP contribution in [0.1, 0.15) is 44.2 Å². The van der Waals surface area contributed by atoms with Gasteiger partial charge in [-0.05, 0) is 38.2 Å². The number of likely N-dealkylation sites (tertiary alicyclic amines) is 2. The zero-order valence-electron chi connectivity index (χ0n) is 17.2. The number of carbonyl (C=O) groups excluding carboxylic acids is 2. The lowest BCUT2D eigenvalue weighted by Gasteiger charge is -2.32. The Morgan fingerprint density at radius 3 is 2.48 bits per heavy atom. The van der Waals surface area contributed by atoms with Gasteiger partial charge in [0.25, 0.3) is 0 Å². The van der Waals surface area contributed by atoms with Crippen LogP contribution in [-0.4, -0.2) is 65.7 Å². The number of benzene rings is 1. The van der Waals surface area contributed by atoms with Crippen LogP contribution in [0, 0.1) is 17.8 Å². The second kappa shape index (κ2) is 8.84. The van der Waals surface area contributed by atoms with E-state index in [0.717, 1.165) is 37.8 Å². The van der Waals surface area contributed by atoms with E-state index < -0.39 is 0 Å². The third-order valence-corrected chi connectivity index (χ3v) is 6.91. The average Bonchev–Trinajstić information content (AvgIpc) is 3.30. The molecule has 3 atom stereocenters. The van der Waals surface area contributed by atoms with Crippen molar-refractivity contribution >= 4 is 11.8 Å². The molecule has 6 nitrogen and oxygen atoms in total. The van der Waals surface area contributed by atoms with Gasteiger partial charge in [-0.15, -0.1) is 0 Å². The number of ether oxygens (including phenoxy) is 1. The summed E-state index contributed by atoms with van der Waals surface area (Å²) in [5.41, 5.74) is 1.14. The first-order chi connectivity index (χ1) is 14.1. The Balaban J connectivity index is 1.49. The van der Waals surface area contributed by atoms with Crippen LogP contribution in [-0.2, 0) is 14.3 Å². The first-order valence-electron chi connectivity index (χ1n) is 11.0. The number of hydrogen-bond donors (Lipinski definition) is 1. The highest BCUT2D eigenvalue weighted by molar-refractivity contribution is 5.80. The molecule has 4 rings (SSSR count). The van der Waals surface area contributed by atoms with Gasteiger partial charge in [-0.3, -0.25) is 9.59 Å². The molecule has 0 aromatic heterocycles. The van der Waals surface area contributed by atoms with Crippen LogP contribution in [0.15, 0.2) is 30.3 Å². The maximum atomic E-state index is 13.1. The van der Waals surface area contributed by atoms with E-state index in [4.69, 9.17) is 4.74 Å². The highest BCUT2D eigenvalue weighted by Gasteiger charge is 2.50. The van der Waals surface area contributed by atoms with Crippen LogP contribution in [0.5, 0.6) is 0 Å². The Hall–Kier alpha value is -1.92. The molecule has 1 N–H and O–H groups in total. The number of rotatable bonds is 5. The normalized spacial score (nSPS) is 31.7. The minimum absolute atomic E-state index is 0.000124. The van der Waals surface area contributed by atoms with Crippen molar-refractivity contribution in [3.05, 3.63) is 35.9 Å². The lowest BCUT2D eigenvalue weighted by molar-refractivity contribution is -0.138. The molecule has 0 unspecified atom stereocenters. The van der Waals surface area contributed by atoms with Gasteiger partial charge < -0.3 is 19.6 Å². The van der Waals surface area contributed by atoms with Gasteiger partial charge >= 0.3 is 0 Å². The maximum absolute atomic E-state index is 13.1. The maximum Gasteiger partial charge on any atom is 0.249 e. The SMILES string of the molecule is CCOCC(=O)N1C[C@@H]2CN(C(=O)C3CCC(O)CC3)C[C@@H]2[C@H]1c1ccccc1. The largest absolute Gasteiger partial charge is 0.393 e. The molecule has 0 radical (unpaired) electrons. The summed E-state index contributed by atoms with van der Waals surface area (Å²) in [6, 6.07) is 10.2. The molecule has 3 fully saturated rings. The Kier molecular flexibility index (Phi) is 6.20. The molecule has 2 amide bonds. The van der Waals surface area contributed by atoms with Crippen LogP contribution < -0.4 is 0 Å². The summed E-state index contributed by atoms with van der Waals surface area (Å²) >= 11 is 0. The van der Waals surface area contributed by atoms with Gasteiger partial charge in [0, 0.05) is 44.0 Å². The fraction of sp³-hybridized carbons (Fsp3) is 0.652. The molecular formula is C23H32N2O4. The summed E-state index contributed by atoms with van der Waals surface area (Å²) < 4.78 is 5.39. The van der Waals surface area contributed by atoms with Crippen LogP contribution in [0.4, 0.5) is 0 Å². The standard InChI is InChI=1S/C23H32N2O4/c1-2-29-15-21(27)25-13-18-12-24(23(28)17-8-10-19(26)11-9-17)14-20(18)22(25)16-6-4-3-5-7-16/h3-7,17-20,22,26H,2,8-15H2,1H3/t17?,18-,19?,20-,22+/m0/s1. The quantitative estimate of drug-likeness (QED) is 0.823. The van der Waals surface area contributed by atoms with Gasteiger partial charge in [-0.2, -0.15) is 0 Å².